The lowest BCUT2D eigenvalue weighted by Gasteiger charge is -2.19. The number of halogens is 2. The van der Waals surface area contributed by atoms with Crippen LogP contribution in [0.4, 0.5) is 5.69 Å². The van der Waals surface area contributed by atoms with Crippen molar-refractivity contribution in [3.63, 3.8) is 0 Å². The molecule has 19 heavy (non-hydrogen) atoms. The van der Waals surface area contributed by atoms with Crippen LogP contribution in [0.25, 0.3) is 0 Å². The monoisotopic (exact) mass is 414 g/mol. The number of nitrogens with one attached hydrogen (secondary N) is 1. The second kappa shape index (κ2) is 7.03. The van der Waals surface area contributed by atoms with Crippen molar-refractivity contribution in [2.75, 3.05) is 24.9 Å². The molecule has 108 valence electrons. The lowest BCUT2D eigenvalue weighted by Crippen LogP contribution is -2.33. The summed E-state index contributed by atoms with van der Waals surface area (Å²) in [6.07, 6.45) is 0.396. The molecular weight excluding hydrogens is 400 g/mol. The van der Waals surface area contributed by atoms with Gasteiger partial charge in [-0.15, -0.1) is 0 Å². The van der Waals surface area contributed by atoms with Crippen molar-refractivity contribution in [3.05, 3.63) is 26.6 Å². The molecule has 0 unspecified atom stereocenters. The van der Waals surface area contributed by atoms with Crippen molar-refractivity contribution >= 4 is 47.8 Å². The van der Waals surface area contributed by atoms with E-state index in [1.165, 1.54) is 11.4 Å². The molecule has 0 radical (unpaired) electrons. The molecule has 0 amide bonds. The fraction of sp³-hybridized carbons (Fsp3) is 0.455. The van der Waals surface area contributed by atoms with E-state index >= 15 is 0 Å². The van der Waals surface area contributed by atoms with Crippen LogP contribution in [0.3, 0.4) is 0 Å². The second-order valence-electron chi connectivity index (χ2n) is 4.11. The highest BCUT2D eigenvalue weighted by atomic mass is 79.9. The Morgan fingerprint density at radius 3 is 2.32 bits per heavy atom. The Hall–Kier alpha value is -0.150. The molecule has 8 heteroatoms. The fourth-order valence-electron chi connectivity index (χ4n) is 1.42. The Morgan fingerprint density at radius 2 is 1.84 bits per heavy atom. The smallest absolute Gasteiger partial charge is 0.301 e. The molecule has 0 heterocycles. The molecule has 0 saturated heterocycles. The van der Waals surface area contributed by atoms with E-state index in [4.69, 9.17) is 5.11 Å². The molecule has 5 nitrogen and oxygen atoms in total. The standard InChI is InChI=1S/C11H16Br2N2O3S/c1-8-6-9(12)11(10(13)7-8)14-19(17,18)15(2)4-3-5-16/h6-7,14,16H,3-5H2,1-2H3. The van der Waals surface area contributed by atoms with Crippen molar-refractivity contribution in [1.29, 1.82) is 0 Å². The van der Waals surface area contributed by atoms with Gasteiger partial charge in [0.05, 0.1) is 5.69 Å². The van der Waals surface area contributed by atoms with Gasteiger partial charge in [0, 0.05) is 29.1 Å². The van der Waals surface area contributed by atoms with Gasteiger partial charge in [0.1, 0.15) is 0 Å². The van der Waals surface area contributed by atoms with Gasteiger partial charge in [0.15, 0.2) is 0 Å². The maximum atomic E-state index is 12.1. The number of nitrogens with zero attached hydrogens (tertiary/aromatic N) is 1. The lowest BCUT2D eigenvalue weighted by atomic mass is 10.2. The Labute approximate surface area is 130 Å². The van der Waals surface area contributed by atoms with Crippen LogP contribution in [0.5, 0.6) is 0 Å². The molecule has 0 bridgehead atoms. The first-order chi connectivity index (χ1) is 8.77. The first-order valence-corrected chi connectivity index (χ1v) is 8.61. The highest BCUT2D eigenvalue weighted by molar-refractivity contribution is 9.11. The van der Waals surface area contributed by atoms with Crippen molar-refractivity contribution < 1.29 is 13.5 Å². The number of anilines is 1. The predicted octanol–water partition coefficient (Wildman–Crippen LogP) is 2.49. The highest BCUT2D eigenvalue weighted by Gasteiger charge is 2.19. The zero-order valence-electron chi connectivity index (χ0n) is 10.7. The summed E-state index contributed by atoms with van der Waals surface area (Å²) in [6, 6.07) is 3.66. The minimum atomic E-state index is -3.63. The van der Waals surface area contributed by atoms with E-state index in [0.29, 0.717) is 21.1 Å². The van der Waals surface area contributed by atoms with Gasteiger partial charge in [0.2, 0.25) is 0 Å². The zero-order chi connectivity index (χ0) is 14.6. The van der Waals surface area contributed by atoms with Crippen LogP contribution in [0.15, 0.2) is 21.1 Å². The van der Waals surface area contributed by atoms with Crippen LogP contribution in [0.1, 0.15) is 12.0 Å². The van der Waals surface area contributed by atoms with Crippen LogP contribution in [-0.4, -0.2) is 38.0 Å². The number of aryl methyl sites for hydroxylation is 1. The summed E-state index contributed by atoms with van der Waals surface area (Å²) in [5.74, 6) is 0. The molecule has 0 aliphatic heterocycles. The highest BCUT2D eigenvalue weighted by Crippen LogP contribution is 2.33. The zero-order valence-corrected chi connectivity index (χ0v) is 14.6. The maximum absolute atomic E-state index is 12.1. The van der Waals surface area contributed by atoms with E-state index in [2.05, 4.69) is 36.6 Å². The fourth-order valence-corrected chi connectivity index (χ4v) is 4.30. The number of benzene rings is 1. The van der Waals surface area contributed by atoms with E-state index in [9.17, 15) is 8.42 Å². The van der Waals surface area contributed by atoms with Crippen molar-refractivity contribution in [2.45, 2.75) is 13.3 Å². The maximum Gasteiger partial charge on any atom is 0.301 e. The van der Waals surface area contributed by atoms with E-state index in [-0.39, 0.29) is 13.2 Å². The molecule has 0 atom stereocenters. The Kier molecular flexibility index (Phi) is 6.25. The van der Waals surface area contributed by atoms with Crippen molar-refractivity contribution in [3.8, 4) is 0 Å². The van der Waals surface area contributed by atoms with Gasteiger partial charge < -0.3 is 5.11 Å². The molecule has 0 fully saturated rings. The molecule has 0 aromatic heterocycles. The minimum absolute atomic E-state index is 0.0439. The quantitative estimate of drug-likeness (QED) is 0.749. The number of hydrogen-bond donors (Lipinski definition) is 2. The van der Waals surface area contributed by atoms with Crippen LogP contribution in [0.2, 0.25) is 0 Å². The molecule has 1 rings (SSSR count). The molecule has 0 spiro atoms. The summed E-state index contributed by atoms with van der Waals surface area (Å²) in [6.45, 7) is 2.13. The molecule has 1 aromatic carbocycles. The molecule has 0 saturated carbocycles. The van der Waals surface area contributed by atoms with E-state index in [0.717, 1.165) is 5.56 Å². The van der Waals surface area contributed by atoms with Crippen LogP contribution < -0.4 is 4.72 Å². The first-order valence-electron chi connectivity index (χ1n) is 5.58. The molecule has 2 N–H and O–H groups in total. The van der Waals surface area contributed by atoms with Crippen LogP contribution >= 0.6 is 31.9 Å². The third kappa shape index (κ3) is 4.71. The first kappa shape index (κ1) is 16.9. The number of aliphatic hydroxyl groups is 1. The summed E-state index contributed by atoms with van der Waals surface area (Å²) in [5.41, 5.74) is 1.47. The van der Waals surface area contributed by atoms with E-state index in [1.54, 1.807) is 0 Å². The van der Waals surface area contributed by atoms with Gasteiger partial charge in [-0.05, 0) is 62.9 Å². The Balaban J connectivity index is 2.96. The summed E-state index contributed by atoms with van der Waals surface area (Å²) < 4.78 is 29.2. The summed E-state index contributed by atoms with van der Waals surface area (Å²) in [7, 11) is -2.16. The second-order valence-corrected chi connectivity index (χ2v) is 7.60. The Bertz CT molecular complexity index is 526. The van der Waals surface area contributed by atoms with Gasteiger partial charge in [0.25, 0.3) is 0 Å². The molecule has 0 aliphatic carbocycles. The average Bonchev–Trinajstić information content (AvgIpc) is 2.30. The van der Waals surface area contributed by atoms with Gasteiger partial charge in [-0.2, -0.15) is 12.7 Å². The minimum Gasteiger partial charge on any atom is -0.396 e. The summed E-state index contributed by atoms with van der Waals surface area (Å²) in [5, 5.41) is 8.73. The normalized spacial score (nSPS) is 11.9. The predicted molar refractivity (Wildman–Crippen MR) is 83.5 cm³/mol. The van der Waals surface area contributed by atoms with E-state index < -0.39 is 10.2 Å². The number of aliphatic hydroxyl groups excluding tert-OH is 1. The third-order valence-electron chi connectivity index (χ3n) is 2.46. The number of rotatable bonds is 6. The molecular formula is C11H16Br2N2O3S. The summed E-state index contributed by atoms with van der Waals surface area (Å²) >= 11 is 6.67. The lowest BCUT2D eigenvalue weighted by molar-refractivity contribution is 0.276. The topological polar surface area (TPSA) is 69.6 Å². The molecule has 0 aliphatic rings. The van der Waals surface area contributed by atoms with Gasteiger partial charge in [-0.25, -0.2) is 0 Å². The van der Waals surface area contributed by atoms with E-state index in [1.807, 2.05) is 19.1 Å². The number of hydrogen-bond acceptors (Lipinski definition) is 3. The van der Waals surface area contributed by atoms with Crippen molar-refractivity contribution in [1.82, 2.24) is 4.31 Å². The van der Waals surface area contributed by atoms with Gasteiger partial charge in [-0.3, -0.25) is 4.72 Å². The SMILES string of the molecule is Cc1cc(Br)c(NS(=O)(=O)N(C)CCCO)c(Br)c1. The molecule has 1 aromatic rings. The Morgan fingerprint density at radius 1 is 1.32 bits per heavy atom. The van der Waals surface area contributed by atoms with Crippen LogP contribution in [0, 0.1) is 6.92 Å². The average molecular weight is 416 g/mol. The van der Waals surface area contributed by atoms with Gasteiger partial charge >= 0.3 is 10.2 Å². The summed E-state index contributed by atoms with van der Waals surface area (Å²) in [4.78, 5) is 0. The largest absolute Gasteiger partial charge is 0.396 e. The van der Waals surface area contributed by atoms with Crippen LogP contribution in [-0.2, 0) is 10.2 Å². The third-order valence-corrected chi connectivity index (χ3v) is 5.18. The van der Waals surface area contributed by atoms with Gasteiger partial charge in [-0.1, -0.05) is 0 Å². The van der Waals surface area contributed by atoms with Crippen molar-refractivity contribution in [2.24, 2.45) is 0 Å².